The summed E-state index contributed by atoms with van der Waals surface area (Å²) in [6.07, 6.45) is 0. The van der Waals surface area contributed by atoms with Gasteiger partial charge in [0, 0.05) is 11.4 Å². The average Bonchev–Trinajstić information content (AvgIpc) is 2.37. The summed E-state index contributed by atoms with van der Waals surface area (Å²) in [5.41, 5.74) is 0.580. The first-order valence-corrected chi connectivity index (χ1v) is 9.04. The monoisotopic (exact) mass is 379 g/mol. The Morgan fingerprint density at radius 1 is 1.33 bits per heavy atom. The highest BCUT2D eigenvalue weighted by Gasteiger charge is 2.29. The summed E-state index contributed by atoms with van der Waals surface area (Å²) >= 11 is 3.22. The van der Waals surface area contributed by atoms with E-state index in [-0.39, 0.29) is 23.8 Å². The summed E-state index contributed by atoms with van der Waals surface area (Å²) in [5.74, 6) is -0.109. The van der Waals surface area contributed by atoms with Crippen LogP contribution < -0.4 is 4.74 Å². The van der Waals surface area contributed by atoms with Crippen molar-refractivity contribution in [2.75, 3.05) is 12.4 Å². The second-order valence-electron chi connectivity index (χ2n) is 5.47. The Labute approximate surface area is 132 Å². The SMILES string of the molecule is CC(C)(C)S(=O)(=O)CCOc1ccc(CBr)cc1[N+](=O)[O-]. The minimum absolute atomic E-state index is 0.0776. The number of benzene rings is 1. The minimum atomic E-state index is -3.32. The molecule has 6 nitrogen and oxygen atoms in total. The maximum atomic E-state index is 11.9. The number of hydrogen-bond donors (Lipinski definition) is 0. The van der Waals surface area contributed by atoms with Gasteiger partial charge in [-0.25, -0.2) is 8.42 Å². The van der Waals surface area contributed by atoms with Crippen molar-refractivity contribution >= 4 is 31.5 Å². The van der Waals surface area contributed by atoms with Crippen molar-refractivity contribution in [1.29, 1.82) is 0 Å². The number of alkyl halides is 1. The Hall–Kier alpha value is -1.15. The topological polar surface area (TPSA) is 86.5 Å². The van der Waals surface area contributed by atoms with Gasteiger partial charge in [-0.05, 0) is 32.4 Å². The summed E-state index contributed by atoms with van der Waals surface area (Å²) in [5, 5.41) is 11.5. The van der Waals surface area contributed by atoms with E-state index in [9.17, 15) is 18.5 Å². The number of halogens is 1. The van der Waals surface area contributed by atoms with E-state index in [2.05, 4.69) is 15.9 Å². The van der Waals surface area contributed by atoms with Gasteiger partial charge in [-0.1, -0.05) is 22.0 Å². The van der Waals surface area contributed by atoms with Gasteiger partial charge in [-0.15, -0.1) is 0 Å². The van der Waals surface area contributed by atoms with Crippen LogP contribution in [0.4, 0.5) is 5.69 Å². The van der Waals surface area contributed by atoms with Crippen LogP contribution in [-0.4, -0.2) is 30.4 Å². The highest BCUT2D eigenvalue weighted by Crippen LogP contribution is 2.29. The molecule has 0 unspecified atom stereocenters. The van der Waals surface area contributed by atoms with Gasteiger partial charge in [-0.3, -0.25) is 10.1 Å². The van der Waals surface area contributed by atoms with Crippen molar-refractivity contribution in [2.45, 2.75) is 30.8 Å². The maximum Gasteiger partial charge on any atom is 0.311 e. The van der Waals surface area contributed by atoms with E-state index in [1.165, 1.54) is 12.1 Å². The van der Waals surface area contributed by atoms with Gasteiger partial charge in [0.1, 0.15) is 6.61 Å². The molecule has 0 aliphatic heterocycles. The van der Waals surface area contributed by atoms with Crippen LogP contribution in [0.1, 0.15) is 26.3 Å². The third-order valence-corrected chi connectivity index (χ3v) is 6.13. The van der Waals surface area contributed by atoms with Crippen LogP contribution in [0.5, 0.6) is 5.75 Å². The fraction of sp³-hybridized carbons (Fsp3) is 0.538. The number of ether oxygens (including phenoxy) is 1. The largest absolute Gasteiger partial charge is 0.486 e. The van der Waals surface area contributed by atoms with E-state index in [4.69, 9.17) is 4.74 Å². The van der Waals surface area contributed by atoms with Crippen molar-refractivity contribution < 1.29 is 18.1 Å². The molecule has 0 heterocycles. The summed E-state index contributed by atoms with van der Waals surface area (Å²) in [6, 6.07) is 4.58. The van der Waals surface area contributed by atoms with E-state index < -0.39 is 19.5 Å². The summed E-state index contributed by atoms with van der Waals surface area (Å²) < 4.78 is 28.3. The van der Waals surface area contributed by atoms with E-state index >= 15 is 0 Å². The highest BCUT2D eigenvalue weighted by molar-refractivity contribution is 9.08. The lowest BCUT2D eigenvalue weighted by molar-refractivity contribution is -0.385. The van der Waals surface area contributed by atoms with Gasteiger partial charge in [0.2, 0.25) is 0 Å². The van der Waals surface area contributed by atoms with Gasteiger partial charge < -0.3 is 4.74 Å². The predicted octanol–water partition coefficient (Wildman–Crippen LogP) is 3.08. The Kier molecular flexibility index (Phi) is 5.75. The third-order valence-electron chi connectivity index (χ3n) is 2.92. The van der Waals surface area contributed by atoms with Crippen molar-refractivity contribution in [1.82, 2.24) is 0 Å². The number of rotatable bonds is 6. The lowest BCUT2D eigenvalue weighted by atomic mass is 10.2. The second-order valence-corrected chi connectivity index (χ2v) is 8.90. The molecular formula is C13H18BrNO5S. The molecule has 0 aliphatic carbocycles. The van der Waals surface area contributed by atoms with Crippen molar-refractivity contribution in [3.8, 4) is 5.75 Å². The molecule has 0 spiro atoms. The van der Waals surface area contributed by atoms with E-state index in [0.29, 0.717) is 5.33 Å². The molecule has 0 saturated heterocycles. The van der Waals surface area contributed by atoms with E-state index in [1.54, 1.807) is 26.8 Å². The Morgan fingerprint density at radius 2 is 1.95 bits per heavy atom. The van der Waals surface area contributed by atoms with Crippen LogP contribution in [0.15, 0.2) is 18.2 Å². The summed E-state index contributed by atoms with van der Waals surface area (Å²) in [4.78, 5) is 10.5. The Bertz CT molecular complexity index is 622. The second kappa shape index (κ2) is 6.74. The molecule has 1 aromatic carbocycles. The molecule has 0 bridgehead atoms. The molecule has 0 amide bonds. The van der Waals surface area contributed by atoms with Crippen molar-refractivity contribution in [2.24, 2.45) is 0 Å². The van der Waals surface area contributed by atoms with E-state index in [0.717, 1.165) is 5.56 Å². The third kappa shape index (κ3) is 4.67. The molecule has 0 N–H and O–H groups in total. The summed E-state index contributed by atoms with van der Waals surface area (Å²) in [7, 11) is -3.32. The first-order chi connectivity index (χ1) is 9.58. The molecule has 118 valence electrons. The van der Waals surface area contributed by atoms with Gasteiger partial charge in [0.05, 0.1) is 15.4 Å². The quantitative estimate of drug-likeness (QED) is 0.430. The average molecular weight is 380 g/mol. The molecule has 0 saturated carbocycles. The minimum Gasteiger partial charge on any atom is -0.486 e. The first-order valence-electron chi connectivity index (χ1n) is 6.27. The van der Waals surface area contributed by atoms with Gasteiger partial charge in [-0.2, -0.15) is 0 Å². The number of hydrogen-bond acceptors (Lipinski definition) is 5. The fourth-order valence-electron chi connectivity index (χ4n) is 1.48. The zero-order valence-corrected chi connectivity index (χ0v) is 14.5. The predicted molar refractivity (Wildman–Crippen MR) is 84.8 cm³/mol. The van der Waals surface area contributed by atoms with Crippen LogP contribution in [0, 0.1) is 10.1 Å². The van der Waals surface area contributed by atoms with Crippen LogP contribution in [0.2, 0.25) is 0 Å². The van der Waals surface area contributed by atoms with Crippen LogP contribution >= 0.6 is 15.9 Å². The molecule has 0 fully saturated rings. The number of sulfone groups is 1. The van der Waals surface area contributed by atoms with E-state index in [1.807, 2.05) is 0 Å². The number of nitro groups is 1. The molecule has 1 aromatic rings. The van der Waals surface area contributed by atoms with Crippen LogP contribution in [0.25, 0.3) is 0 Å². The number of nitrogens with zero attached hydrogens (tertiary/aromatic N) is 1. The van der Waals surface area contributed by atoms with Crippen molar-refractivity contribution in [3.05, 3.63) is 33.9 Å². The lowest BCUT2D eigenvalue weighted by Crippen LogP contribution is -2.32. The van der Waals surface area contributed by atoms with Gasteiger partial charge in [0.15, 0.2) is 15.6 Å². The Balaban J connectivity index is 2.84. The highest BCUT2D eigenvalue weighted by atomic mass is 79.9. The first kappa shape index (κ1) is 17.9. The molecular weight excluding hydrogens is 362 g/mol. The zero-order chi connectivity index (χ0) is 16.3. The molecule has 8 heteroatoms. The fourth-order valence-corrected chi connectivity index (χ4v) is 2.74. The standard InChI is InChI=1S/C13H18BrNO5S/c1-13(2,3)21(18,19)7-6-20-12-5-4-10(9-14)8-11(12)15(16)17/h4-5,8H,6-7,9H2,1-3H3. The molecule has 1 rings (SSSR count). The van der Waals surface area contributed by atoms with Crippen LogP contribution in [-0.2, 0) is 15.2 Å². The maximum absolute atomic E-state index is 11.9. The molecule has 0 atom stereocenters. The smallest absolute Gasteiger partial charge is 0.311 e. The van der Waals surface area contributed by atoms with Crippen LogP contribution in [0.3, 0.4) is 0 Å². The molecule has 0 radical (unpaired) electrons. The normalized spacial score (nSPS) is 12.2. The van der Waals surface area contributed by atoms with Crippen molar-refractivity contribution in [3.63, 3.8) is 0 Å². The van der Waals surface area contributed by atoms with Gasteiger partial charge >= 0.3 is 5.69 Å². The molecule has 21 heavy (non-hydrogen) atoms. The summed E-state index contributed by atoms with van der Waals surface area (Å²) in [6.45, 7) is 4.70. The lowest BCUT2D eigenvalue weighted by Gasteiger charge is -2.19. The molecule has 0 aliphatic rings. The Morgan fingerprint density at radius 3 is 2.43 bits per heavy atom. The zero-order valence-electron chi connectivity index (χ0n) is 12.1. The van der Waals surface area contributed by atoms with Gasteiger partial charge in [0.25, 0.3) is 0 Å². The molecule has 0 aromatic heterocycles. The number of nitro benzene ring substituents is 1.